The smallest absolute Gasteiger partial charge is 0.407 e. The summed E-state index contributed by atoms with van der Waals surface area (Å²) < 4.78 is 23.9. The molecule has 140 valence electrons. The first-order valence-electron chi connectivity index (χ1n) is 8.93. The van der Waals surface area contributed by atoms with Crippen LogP contribution >= 0.6 is 0 Å². The second-order valence-electron chi connectivity index (χ2n) is 7.37. The minimum absolute atomic E-state index is 0.267. The third-order valence-electron chi connectivity index (χ3n) is 4.09. The van der Waals surface area contributed by atoms with Gasteiger partial charge in [-0.2, -0.15) is 0 Å². The minimum Gasteiger partial charge on any atom is -0.492 e. The van der Waals surface area contributed by atoms with E-state index in [2.05, 4.69) is 10.2 Å². The maximum Gasteiger partial charge on any atom is 0.407 e. The fraction of sp³-hybridized carbons (Fsp3) is 0.632. The molecule has 1 fully saturated rings. The van der Waals surface area contributed by atoms with E-state index in [1.54, 1.807) is 12.1 Å². The molecule has 1 unspecified atom stereocenters. The number of alkyl carbamates (subject to hydrolysis) is 1. The lowest BCUT2D eigenvalue weighted by Gasteiger charge is -2.35. The zero-order valence-corrected chi connectivity index (χ0v) is 15.4. The fourth-order valence-corrected chi connectivity index (χ4v) is 2.91. The van der Waals surface area contributed by atoms with Crippen LogP contribution in [0, 0.1) is 5.82 Å². The number of rotatable bonds is 6. The van der Waals surface area contributed by atoms with Gasteiger partial charge < -0.3 is 14.8 Å². The predicted octanol–water partition coefficient (Wildman–Crippen LogP) is 3.58. The summed E-state index contributed by atoms with van der Waals surface area (Å²) in [7, 11) is 0. The lowest BCUT2D eigenvalue weighted by Crippen LogP contribution is -2.48. The first-order chi connectivity index (χ1) is 11.8. The Kier molecular flexibility index (Phi) is 7.05. The Balaban J connectivity index is 1.75. The molecule has 1 aromatic carbocycles. The van der Waals surface area contributed by atoms with Gasteiger partial charge in [0.05, 0.1) is 0 Å². The van der Waals surface area contributed by atoms with Gasteiger partial charge in [0.15, 0.2) is 0 Å². The largest absolute Gasteiger partial charge is 0.492 e. The summed E-state index contributed by atoms with van der Waals surface area (Å²) in [6, 6.07) is 6.34. The summed E-state index contributed by atoms with van der Waals surface area (Å²) in [5, 5.41) is 2.87. The molecule has 0 saturated carbocycles. The van der Waals surface area contributed by atoms with Crippen LogP contribution in [-0.4, -0.2) is 48.9 Å². The van der Waals surface area contributed by atoms with Gasteiger partial charge in [0.1, 0.15) is 23.8 Å². The summed E-state index contributed by atoms with van der Waals surface area (Å²) in [5.41, 5.74) is -0.487. The van der Waals surface area contributed by atoms with Crippen molar-refractivity contribution < 1.29 is 18.7 Å². The standard InChI is InChI=1S/C19H29FN2O3/c1-19(2,3)25-18(23)21-14-16-6-4-5-11-22(16)12-13-24-17-9-7-15(20)8-10-17/h7-10,16H,4-6,11-14H2,1-3H3,(H,21,23). The zero-order valence-electron chi connectivity index (χ0n) is 15.4. The molecule has 1 amide bonds. The van der Waals surface area contributed by atoms with Crippen LogP contribution < -0.4 is 10.1 Å². The molecule has 0 aromatic heterocycles. The van der Waals surface area contributed by atoms with Crippen LogP contribution in [0.15, 0.2) is 24.3 Å². The van der Waals surface area contributed by atoms with E-state index in [0.717, 1.165) is 32.4 Å². The van der Waals surface area contributed by atoms with Crippen molar-refractivity contribution in [1.29, 1.82) is 0 Å². The second kappa shape index (κ2) is 9.04. The summed E-state index contributed by atoms with van der Waals surface area (Å²) in [6.07, 6.45) is 2.99. The number of benzene rings is 1. The molecule has 2 rings (SSSR count). The van der Waals surface area contributed by atoms with Crippen LogP contribution in [0.2, 0.25) is 0 Å². The molecule has 1 aliphatic heterocycles. The van der Waals surface area contributed by atoms with Gasteiger partial charge in [-0.1, -0.05) is 6.42 Å². The molecule has 0 radical (unpaired) electrons. The SMILES string of the molecule is CC(C)(C)OC(=O)NCC1CCCCN1CCOc1ccc(F)cc1. The molecule has 1 heterocycles. The maximum absolute atomic E-state index is 12.9. The van der Waals surface area contributed by atoms with Gasteiger partial charge in [-0.05, 0) is 64.4 Å². The highest BCUT2D eigenvalue weighted by Crippen LogP contribution is 2.17. The average Bonchev–Trinajstić information content (AvgIpc) is 2.54. The quantitative estimate of drug-likeness (QED) is 0.850. The van der Waals surface area contributed by atoms with Crippen molar-refractivity contribution in [3.05, 3.63) is 30.1 Å². The highest BCUT2D eigenvalue weighted by Gasteiger charge is 2.24. The van der Waals surface area contributed by atoms with E-state index in [1.807, 2.05) is 20.8 Å². The molecular formula is C19H29FN2O3. The number of amides is 1. The minimum atomic E-state index is -0.487. The van der Waals surface area contributed by atoms with Crippen LogP contribution in [-0.2, 0) is 4.74 Å². The number of halogens is 1. The second-order valence-corrected chi connectivity index (χ2v) is 7.37. The molecule has 1 aromatic rings. The zero-order chi connectivity index (χ0) is 18.3. The topological polar surface area (TPSA) is 50.8 Å². The summed E-state index contributed by atoms with van der Waals surface area (Å²) in [5.74, 6) is 0.401. The highest BCUT2D eigenvalue weighted by atomic mass is 19.1. The Hall–Kier alpha value is -1.82. The van der Waals surface area contributed by atoms with Gasteiger partial charge in [0.25, 0.3) is 0 Å². The van der Waals surface area contributed by atoms with Crippen molar-refractivity contribution in [1.82, 2.24) is 10.2 Å². The average molecular weight is 352 g/mol. The molecule has 0 spiro atoms. The third kappa shape index (κ3) is 7.30. The summed E-state index contributed by atoms with van der Waals surface area (Å²) in [6.45, 7) is 8.44. The van der Waals surface area contributed by atoms with Gasteiger partial charge in [0, 0.05) is 19.1 Å². The lowest BCUT2D eigenvalue weighted by atomic mass is 10.0. The van der Waals surface area contributed by atoms with Gasteiger partial charge in [0.2, 0.25) is 0 Å². The van der Waals surface area contributed by atoms with Gasteiger partial charge in [-0.15, -0.1) is 0 Å². The highest BCUT2D eigenvalue weighted by molar-refractivity contribution is 5.67. The number of likely N-dealkylation sites (tertiary alicyclic amines) is 1. The molecule has 0 bridgehead atoms. The van der Waals surface area contributed by atoms with Gasteiger partial charge in [-0.25, -0.2) is 9.18 Å². The number of piperidine rings is 1. The first-order valence-corrected chi connectivity index (χ1v) is 8.93. The van der Waals surface area contributed by atoms with Crippen molar-refractivity contribution in [2.45, 2.75) is 51.7 Å². The van der Waals surface area contributed by atoms with E-state index in [1.165, 1.54) is 12.1 Å². The molecule has 1 N–H and O–H groups in total. The van der Waals surface area contributed by atoms with E-state index in [4.69, 9.17) is 9.47 Å². The number of carbonyl (C=O) groups excluding carboxylic acids is 1. The van der Waals surface area contributed by atoms with Gasteiger partial charge in [-0.3, -0.25) is 4.90 Å². The number of nitrogens with zero attached hydrogens (tertiary/aromatic N) is 1. The van der Waals surface area contributed by atoms with Crippen LogP contribution in [0.4, 0.5) is 9.18 Å². The lowest BCUT2D eigenvalue weighted by molar-refractivity contribution is 0.0489. The van der Waals surface area contributed by atoms with Crippen molar-refractivity contribution in [3.8, 4) is 5.75 Å². The number of hydrogen-bond donors (Lipinski definition) is 1. The number of ether oxygens (including phenoxy) is 2. The molecule has 5 nitrogen and oxygen atoms in total. The number of hydrogen-bond acceptors (Lipinski definition) is 4. The van der Waals surface area contributed by atoms with E-state index < -0.39 is 5.60 Å². The van der Waals surface area contributed by atoms with E-state index in [-0.39, 0.29) is 18.0 Å². The van der Waals surface area contributed by atoms with Crippen molar-refractivity contribution in [3.63, 3.8) is 0 Å². The Labute approximate surface area is 149 Å². The Morgan fingerprint density at radius 1 is 1.28 bits per heavy atom. The van der Waals surface area contributed by atoms with Crippen LogP contribution in [0.3, 0.4) is 0 Å². The van der Waals surface area contributed by atoms with E-state index >= 15 is 0 Å². The molecule has 0 aliphatic carbocycles. The summed E-state index contributed by atoms with van der Waals surface area (Å²) >= 11 is 0. The third-order valence-corrected chi connectivity index (χ3v) is 4.09. The first kappa shape index (κ1) is 19.5. The molecule has 1 saturated heterocycles. The predicted molar refractivity (Wildman–Crippen MR) is 95.3 cm³/mol. The number of carbonyl (C=O) groups is 1. The summed E-state index contributed by atoms with van der Waals surface area (Å²) in [4.78, 5) is 14.2. The molecule has 6 heteroatoms. The molecule has 1 aliphatic rings. The van der Waals surface area contributed by atoms with E-state index in [9.17, 15) is 9.18 Å². The van der Waals surface area contributed by atoms with Crippen LogP contribution in [0.5, 0.6) is 5.75 Å². The maximum atomic E-state index is 12.9. The molecular weight excluding hydrogens is 323 g/mol. The Morgan fingerprint density at radius 3 is 2.68 bits per heavy atom. The number of nitrogens with one attached hydrogen (secondary N) is 1. The van der Waals surface area contributed by atoms with Crippen LogP contribution in [0.25, 0.3) is 0 Å². The van der Waals surface area contributed by atoms with E-state index in [0.29, 0.717) is 18.9 Å². The van der Waals surface area contributed by atoms with Gasteiger partial charge >= 0.3 is 6.09 Å². The monoisotopic (exact) mass is 352 g/mol. The van der Waals surface area contributed by atoms with Crippen molar-refractivity contribution >= 4 is 6.09 Å². The molecule has 1 atom stereocenters. The Morgan fingerprint density at radius 2 is 2.00 bits per heavy atom. The van der Waals surface area contributed by atoms with Crippen molar-refractivity contribution in [2.24, 2.45) is 0 Å². The fourth-order valence-electron chi connectivity index (χ4n) is 2.91. The normalized spacial score (nSPS) is 18.6. The van der Waals surface area contributed by atoms with Crippen LogP contribution in [0.1, 0.15) is 40.0 Å². The van der Waals surface area contributed by atoms with Crippen molar-refractivity contribution in [2.75, 3.05) is 26.2 Å². The Bertz CT molecular complexity index is 543. The molecule has 25 heavy (non-hydrogen) atoms.